The Labute approximate surface area is 108 Å². The highest BCUT2D eigenvalue weighted by Gasteiger charge is 2.10. The molecule has 0 rings (SSSR count). The van der Waals surface area contributed by atoms with Crippen LogP contribution in [-0.2, 0) is 4.79 Å². The van der Waals surface area contributed by atoms with Gasteiger partial charge in [-0.1, -0.05) is 6.08 Å². The molecule has 0 saturated carbocycles. The van der Waals surface area contributed by atoms with Crippen LogP contribution in [0, 0.1) is 0 Å². The van der Waals surface area contributed by atoms with Crippen LogP contribution in [0.15, 0.2) is 12.7 Å². The minimum absolute atomic E-state index is 0.202. The van der Waals surface area contributed by atoms with Crippen LogP contribution in [0.3, 0.4) is 0 Å². The molecule has 2 N–H and O–H groups in total. The first kappa shape index (κ1) is 15.9. The molecule has 5 nitrogen and oxygen atoms in total. The van der Waals surface area contributed by atoms with Gasteiger partial charge in [-0.3, -0.25) is 9.80 Å². The van der Waals surface area contributed by atoms with E-state index in [0.717, 1.165) is 6.42 Å². The third-order valence-corrected chi connectivity index (χ3v) is 2.48. The van der Waals surface area contributed by atoms with Crippen LogP contribution in [0.1, 0.15) is 19.3 Å². The maximum absolute atomic E-state index is 10.4. The van der Waals surface area contributed by atoms with Gasteiger partial charge >= 0.3 is 5.97 Å². The molecule has 0 aliphatic carbocycles. The highest BCUT2D eigenvalue weighted by molar-refractivity contribution is 7.80. The van der Waals surface area contributed by atoms with E-state index in [-0.39, 0.29) is 6.42 Å². The number of carboxylic acids is 1. The van der Waals surface area contributed by atoms with Gasteiger partial charge in [-0.2, -0.15) is 0 Å². The minimum Gasteiger partial charge on any atom is -0.481 e. The molecule has 0 aromatic carbocycles. The normalized spacial score (nSPS) is 10.1. The molecule has 0 heterocycles. The zero-order valence-corrected chi connectivity index (χ0v) is 11.3. The minimum atomic E-state index is -0.756. The molecular weight excluding hydrogens is 238 g/mol. The van der Waals surface area contributed by atoms with Crippen molar-refractivity contribution in [3.05, 3.63) is 12.7 Å². The van der Waals surface area contributed by atoms with Gasteiger partial charge in [0.25, 0.3) is 0 Å². The van der Waals surface area contributed by atoms with Gasteiger partial charge in [-0.15, -0.1) is 6.58 Å². The molecule has 0 aromatic heterocycles. The average molecular weight is 259 g/mol. The summed E-state index contributed by atoms with van der Waals surface area (Å²) < 4.78 is 0. The van der Waals surface area contributed by atoms with Gasteiger partial charge in [0.1, 0.15) is 0 Å². The molecule has 0 atom stereocenters. The molecule has 0 amide bonds. The Morgan fingerprint density at radius 2 is 2.12 bits per heavy atom. The molecule has 17 heavy (non-hydrogen) atoms. The van der Waals surface area contributed by atoms with Crippen LogP contribution >= 0.6 is 12.2 Å². The molecule has 6 heteroatoms. The third kappa shape index (κ3) is 7.70. The van der Waals surface area contributed by atoms with Crippen LogP contribution in [0.4, 0.5) is 0 Å². The fraction of sp³-hybridized carbons (Fsp3) is 0.636. The molecule has 0 aliphatic heterocycles. The van der Waals surface area contributed by atoms with Crippen LogP contribution in [0.25, 0.3) is 0 Å². The van der Waals surface area contributed by atoms with E-state index in [9.17, 15) is 4.79 Å². The van der Waals surface area contributed by atoms with E-state index in [4.69, 9.17) is 17.3 Å². The number of rotatable bonds is 8. The van der Waals surface area contributed by atoms with E-state index in [2.05, 4.69) is 11.9 Å². The monoisotopic (exact) mass is 259 g/mol. The Kier molecular flexibility index (Phi) is 8.35. The summed E-state index contributed by atoms with van der Waals surface area (Å²) in [5.74, 6) is -0.756. The maximum atomic E-state index is 10.4. The van der Waals surface area contributed by atoms with Crippen molar-refractivity contribution in [2.24, 2.45) is 0 Å². The van der Waals surface area contributed by atoms with E-state index in [1.807, 2.05) is 24.1 Å². The highest BCUT2D eigenvalue weighted by atomic mass is 32.1. The van der Waals surface area contributed by atoms with Crippen molar-refractivity contribution in [2.75, 3.05) is 27.2 Å². The number of carbonyl (C=O) groups is 1. The second-order valence-corrected chi connectivity index (χ2v) is 4.18. The molecule has 0 aliphatic rings. The van der Waals surface area contributed by atoms with E-state index in [1.165, 1.54) is 0 Å². The van der Waals surface area contributed by atoms with E-state index >= 15 is 0 Å². The van der Waals surface area contributed by atoms with Gasteiger partial charge in [-0.05, 0) is 25.1 Å². The Hall–Kier alpha value is -1.14. The molecule has 0 saturated heterocycles. The van der Waals surface area contributed by atoms with Gasteiger partial charge in [0, 0.05) is 33.6 Å². The van der Waals surface area contributed by atoms with E-state index in [0.29, 0.717) is 24.6 Å². The molecule has 0 radical (unpaired) electrons. The second kappa shape index (κ2) is 8.95. The summed E-state index contributed by atoms with van der Waals surface area (Å²) in [6.45, 7) is 4.95. The highest BCUT2D eigenvalue weighted by Crippen LogP contribution is 2.01. The molecule has 0 bridgehead atoms. The zero-order valence-electron chi connectivity index (χ0n) is 10.5. The lowest BCUT2D eigenvalue weighted by molar-refractivity contribution is -0.137. The Morgan fingerprint density at radius 1 is 1.47 bits per heavy atom. The summed E-state index contributed by atoms with van der Waals surface area (Å²) in [4.78, 5) is 10.4. The topological polar surface area (TPSA) is 55.8 Å². The number of hydrogen-bond acceptors (Lipinski definition) is 3. The van der Waals surface area contributed by atoms with Crippen molar-refractivity contribution in [1.29, 1.82) is 0 Å². The number of nitrogens with zero attached hydrogens (tertiary/aromatic N) is 2. The first-order valence-electron chi connectivity index (χ1n) is 5.54. The quantitative estimate of drug-likeness (QED) is 0.294. The van der Waals surface area contributed by atoms with Crippen molar-refractivity contribution in [3.63, 3.8) is 0 Å². The van der Waals surface area contributed by atoms with Crippen molar-refractivity contribution < 1.29 is 9.90 Å². The van der Waals surface area contributed by atoms with Crippen LogP contribution < -0.4 is 5.32 Å². The lowest BCUT2D eigenvalue weighted by Crippen LogP contribution is -2.47. The van der Waals surface area contributed by atoms with Gasteiger partial charge in [0.2, 0.25) is 0 Å². The lowest BCUT2D eigenvalue weighted by Gasteiger charge is -2.31. The number of unbranched alkanes of at least 4 members (excludes halogenated alkanes) is 1. The summed E-state index contributed by atoms with van der Waals surface area (Å²) >= 11 is 5.23. The summed E-state index contributed by atoms with van der Waals surface area (Å²) in [6, 6.07) is 0. The van der Waals surface area contributed by atoms with Crippen LogP contribution in [0.5, 0.6) is 0 Å². The molecule has 0 unspecified atom stereocenters. The smallest absolute Gasteiger partial charge is 0.303 e. The third-order valence-electron chi connectivity index (χ3n) is 2.13. The Bertz CT molecular complexity index is 269. The maximum Gasteiger partial charge on any atom is 0.303 e. The van der Waals surface area contributed by atoms with E-state index in [1.54, 1.807) is 6.08 Å². The molecule has 0 spiro atoms. The predicted octanol–water partition coefficient (Wildman–Crippen LogP) is 1.08. The average Bonchev–Trinajstić information content (AvgIpc) is 2.24. The standard InChI is InChI=1S/C11H21N3O2S/c1-4-8-12-11(17)14(13(2)3)9-6-5-7-10(15)16/h4H,1,5-9H2,2-3H3,(H,12,17)(H,15,16). The fourth-order valence-corrected chi connectivity index (χ4v) is 1.61. The van der Waals surface area contributed by atoms with Crippen molar-refractivity contribution in [3.8, 4) is 0 Å². The summed E-state index contributed by atoms with van der Waals surface area (Å²) in [6.07, 6.45) is 3.39. The summed E-state index contributed by atoms with van der Waals surface area (Å²) in [5, 5.41) is 16.0. The molecular formula is C11H21N3O2S. The number of nitrogens with one attached hydrogen (secondary N) is 1. The lowest BCUT2D eigenvalue weighted by atomic mass is 10.2. The number of thiocarbonyl (C=S) groups is 1. The van der Waals surface area contributed by atoms with Crippen LogP contribution in [0.2, 0.25) is 0 Å². The molecule has 0 aromatic rings. The van der Waals surface area contributed by atoms with Crippen molar-refractivity contribution >= 4 is 23.3 Å². The van der Waals surface area contributed by atoms with Crippen molar-refractivity contribution in [1.82, 2.24) is 15.3 Å². The van der Waals surface area contributed by atoms with Gasteiger partial charge in [-0.25, -0.2) is 5.01 Å². The second-order valence-electron chi connectivity index (χ2n) is 3.80. The Morgan fingerprint density at radius 3 is 2.59 bits per heavy atom. The molecule has 98 valence electrons. The van der Waals surface area contributed by atoms with Gasteiger partial charge < -0.3 is 10.4 Å². The van der Waals surface area contributed by atoms with Gasteiger partial charge in [0.05, 0.1) is 0 Å². The van der Waals surface area contributed by atoms with Crippen molar-refractivity contribution in [2.45, 2.75) is 19.3 Å². The first-order chi connectivity index (χ1) is 7.99. The number of hydrogen-bond donors (Lipinski definition) is 2. The fourth-order valence-electron chi connectivity index (χ4n) is 1.27. The van der Waals surface area contributed by atoms with Crippen LogP contribution in [-0.4, -0.2) is 53.4 Å². The SMILES string of the molecule is C=CCNC(=S)N(CCCCC(=O)O)N(C)C. The molecule has 0 fully saturated rings. The number of hydrazine groups is 1. The number of carboxylic acid groups (broad SMARTS) is 1. The summed E-state index contributed by atoms with van der Waals surface area (Å²) in [7, 11) is 3.80. The summed E-state index contributed by atoms with van der Waals surface area (Å²) in [5.41, 5.74) is 0. The first-order valence-corrected chi connectivity index (χ1v) is 5.95. The van der Waals surface area contributed by atoms with E-state index < -0.39 is 5.97 Å². The largest absolute Gasteiger partial charge is 0.481 e. The predicted molar refractivity (Wildman–Crippen MR) is 72.7 cm³/mol. The number of aliphatic carboxylic acids is 1. The van der Waals surface area contributed by atoms with Gasteiger partial charge in [0.15, 0.2) is 5.11 Å². The zero-order chi connectivity index (χ0) is 13.3. The Balaban J connectivity index is 4.01.